The molecule has 2 rings (SSSR count). The monoisotopic (exact) mass is 296 g/mol. The fraction of sp³-hybridized carbons (Fsp3) is 0.429. The molecule has 1 aliphatic heterocycles. The number of allylic oxidation sites excluding steroid dienone is 1. The summed E-state index contributed by atoms with van der Waals surface area (Å²) in [6.45, 7) is 4.65. The molecule has 3 heteroatoms. The molecule has 0 saturated carbocycles. The first-order valence-electron chi connectivity index (χ1n) is 5.86. The molecule has 0 bridgehead atoms. The molecule has 2 nitrogen and oxygen atoms in total. The molecule has 17 heavy (non-hydrogen) atoms. The molecule has 1 aliphatic rings. The Hall–Kier alpha value is -0.800. The Morgan fingerprint density at radius 2 is 2.35 bits per heavy atom. The maximum absolute atomic E-state index is 9.80. The van der Waals surface area contributed by atoms with E-state index >= 15 is 0 Å². The van der Waals surface area contributed by atoms with Crippen LogP contribution in [0.4, 0.5) is 0 Å². The molecule has 1 aromatic rings. The summed E-state index contributed by atoms with van der Waals surface area (Å²) >= 11 is 3.45. The van der Waals surface area contributed by atoms with Gasteiger partial charge in [-0.2, -0.15) is 0 Å². The van der Waals surface area contributed by atoms with Crippen LogP contribution >= 0.6 is 15.9 Å². The topological polar surface area (TPSA) is 29.5 Å². The van der Waals surface area contributed by atoms with E-state index in [9.17, 15) is 5.11 Å². The van der Waals surface area contributed by atoms with E-state index in [-0.39, 0.29) is 12.0 Å². The quantitative estimate of drug-likeness (QED) is 0.866. The number of halogens is 1. The van der Waals surface area contributed by atoms with Gasteiger partial charge in [0.1, 0.15) is 5.75 Å². The highest BCUT2D eigenvalue weighted by atomic mass is 79.9. The molecule has 0 radical (unpaired) electrons. The lowest BCUT2D eigenvalue weighted by Crippen LogP contribution is -2.29. The third-order valence-electron chi connectivity index (χ3n) is 3.41. The van der Waals surface area contributed by atoms with Gasteiger partial charge in [0.25, 0.3) is 0 Å². The number of fused-ring (bicyclic) bond motifs is 1. The Labute approximate surface area is 110 Å². The Morgan fingerprint density at radius 1 is 1.53 bits per heavy atom. The van der Waals surface area contributed by atoms with Crippen LogP contribution in [0, 0.1) is 0 Å². The third-order valence-corrected chi connectivity index (χ3v) is 3.90. The molecular weight excluding hydrogens is 280 g/mol. The van der Waals surface area contributed by atoms with Crippen LogP contribution in [0.2, 0.25) is 0 Å². The first-order chi connectivity index (χ1) is 8.22. The van der Waals surface area contributed by atoms with E-state index in [0.717, 1.165) is 35.0 Å². The van der Waals surface area contributed by atoms with Gasteiger partial charge in [-0.25, -0.2) is 0 Å². The predicted octanol–water partition coefficient (Wildman–Crippen LogP) is 3.43. The Bertz CT molecular complexity index is 417. The maximum atomic E-state index is 9.80. The Kier molecular flexibility index (Phi) is 3.89. The summed E-state index contributed by atoms with van der Waals surface area (Å²) in [7, 11) is 0. The standard InChI is InChI=1S/C14H17BrO2/c1-2-6-14(10-16)7-3-8-17-13-9-11(15)4-5-12(13)14/h2,4-5,9,16H,1,3,6-8,10H2. The first-order valence-corrected chi connectivity index (χ1v) is 6.66. The zero-order valence-corrected chi connectivity index (χ0v) is 11.4. The van der Waals surface area contributed by atoms with Crippen molar-refractivity contribution in [3.63, 3.8) is 0 Å². The van der Waals surface area contributed by atoms with Crippen LogP contribution in [-0.2, 0) is 5.41 Å². The molecule has 1 aromatic carbocycles. The number of hydrogen-bond acceptors (Lipinski definition) is 2. The minimum absolute atomic E-state index is 0.136. The Morgan fingerprint density at radius 3 is 3.06 bits per heavy atom. The van der Waals surface area contributed by atoms with Crippen molar-refractivity contribution in [3.05, 3.63) is 40.9 Å². The largest absolute Gasteiger partial charge is 0.493 e. The minimum atomic E-state index is -0.228. The van der Waals surface area contributed by atoms with Gasteiger partial charge >= 0.3 is 0 Å². The van der Waals surface area contributed by atoms with E-state index in [2.05, 4.69) is 22.5 Å². The van der Waals surface area contributed by atoms with E-state index < -0.39 is 0 Å². The van der Waals surface area contributed by atoms with E-state index in [4.69, 9.17) is 4.74 Å². The summed E-state index contributed by atoms with van der Waals surface area (Å²) in [4.78, 5) is 0. The zero-order chi connectivity index (χ0) is 12.3. The molecule has 0 saturated heterocycles. The van der Waals surface area contributed by atoms with Gasteiger partial charge in [-0.15, -0.1) is 6.58 Å². The smallest absolute Gasteiger partial charge is 0.124 e. The summed E-state index contributed by atoms with van der Waals surface area (Å²) in [5, 5.41) is 9.80. The van der Waals surface area contributed by atoms with Crippen molar-refractivity contribution in [1.82, 2.24) is 0 Å². The van der Waals surface area contributed by atoms with Gasteiger partial charge in [0.2, 0.25) is 0 Å². The second-order valence-corrected chi connectivity index (χ2v) is 5.44. The van der Waals surface area contributed by atoms with Crippen molar-refractivity contribution in [2.45, 2.75) is 24.7 Å². The first kappa shape index (κ1) is 12.7. The molecule has 92 valence electrons. The van der Waals surface area contributed by atoms with Crippen LogP contribution in [0.25, 0.3) is 0 Å². The minimum Gasteiger partial charge on any atom is -0.493 e. The van der Waals surface area contributed by atoms with Gasteiger partial charge in [-0.05, 0) is 31.4 Å². The SMILES string of the molecule is C=CCC1(CO)CCCOc2cc(Br)ccc21. The summed E-state index contributed by atoms with van der Waals surface area (Å²) in [5.74, 6) is 0.882. The van der Waals surface area contributed by atoms with Gasteiger partial charge in [-0.1, -0.05) is 28.1 Å². The average Bonchev–Trinajstić information content (AvgIpc) is 2.50. The van der Waals surface area contributed by atoms with Crippen molar-refractivity contribution >= 4 is 15.9 Å². The summed E-state index contributed by atoms with van der Waals surface area (Å²) in [6.07, 6.45) is 4.56. The second-order valence-electron chi connectivity index (χ2n) is 4.52. The number of benzene rings is 1. The lowest BCUT2D eigenvalue weighted by Gasteiger charge is -2.30. The summed E-state index contributed by atoms with van der Waals surface area (Å²) < 4.78 is 6.76. The van der Waals surface area contributed by atoms with Crippen molar-refractivity contribution in [2.24, 2.45) is 0 Å². The van der Waals surface area contributed by atoms with Gasteiger partial charge < -0.3 is 9.84 Å². The van der Waals surface area contributed by atoms with E-state index in [1.54, 1.807) is 0 Å². The van der Waals surface area contributed by atoms with Crippen LogP contribution in [0.15, 0.2) is 35.3 Å². The van der Waals surface area contributed by atoms with Crippen LogP contribution in [0.3, 0.4) is 0 Å². The molecular formula is C14H17BrO2. The lowest BCUT2D eigenvalue weighted by molar-refractivity contribution is 0.184. The second kappa shape index (κ2) is 5.23. The van der Waals surface area contributed by atoms with Crippen molar-refractivity contribution < 1.29 is 9.84 Å². The predicted molar refractivity (Wildman–Crippen MR) is 72.4 cm³/mol. The highest BCUT2D eigenvalue weighted by molar-refractivity contribution is 9.10. The molecule has 0 aromatic heterocycles. The zero-order valence-electron chi connectivity index (χ0n) is 9.79. The highest BCUT2D eigenvalue weighted by Crippen LogP contribution is 2.41. The number of aliphatic hydroxyl groups is 1. The molecule has 0 spiro atoms. The fourth-order valence-electron chi connectivity index (χ4n) is 2.50. The number of aliphatic hydroxyl groups excluding tert-OH is 1. The number of hydrogen-bond donors (Lipinski definition) is 1. The lowest BCUT2D eigenvalue weighted by atomic mass is 9.75. The number of ether oxygens (including phenoxy) is 1. The summed E-state index contributed by atoms with van der Waals surface area (Å²) in [6, 6.07) is 6.03. The van der Waals surface area contributed by atoms with Crippen LogP contribution in [-0.4, -0.2) is 18.3 Å². The number of rotatable bonds is 3. The molecule has 1 heterocycles. The van der Waals surface area contributed by atoms with Crippen LogP contribution < -0.4 is 4.74 Å². The van der Waals surface area contributed by atoms with E-state index in [1.807, 2.05) is 24.3 Å². The van der Waals surface area contributed by atoms with Gasteiger partial charge in [0.05, 0.1) is 13.2 Å². The fourth-order valence-corrected chi connectivity index (χ4v) is 2.84. The van der Waals surface area contributed by atoms with E-state index in [1.165, 1.54) is 0 Å². The Balaban J connectivity index is 2.51. The molecule has 0 aliphatic carbocycles. The van der Waals surface area contributed by atoms with Crippen molar-refractivity contribution in [2.75, 3.05) is 13.2 Å². The van der Waals surface area contributed by atoms with Crippen molar-refractivity contribution in [3.8, 4) is 5.75 Å². The van der Waals surface area contributed by atoms with Gasteiger partial charge in [0, 0.05) is 15.5 Å². The van der Waals surface area contributed by atoms with Crippen LogP contribution in [0.1, 0.15) is 24.8 Å². The molecule has 1 atom stereocenters. The van der Waals surface area contributed by atoms with E-state index in [0.29, 0.717) is 6.61 Å². The van der Waals surface area contributed by atoms with Crippen LogP contribution in [0.5, 0.6) is 5.75 Å². The summed E-state index contributed by atoms with van der Waals surface area (Å²) in [5.41, 5.74) is 0.870. The third kappa shape index (κ3) is 2.40. The van der Waals surface area contributed by atoms with Crippen molar-refractivity contribution in [1.29, 1.82) is 0 Å². The molecule has 1 unspecified atom stereocenters. The average molecular weight is 297 g/mol. The van der Waals surface area contributed by atoms with Gasteiger partial charge in [0.15, 0.2) is 0 Å². The normalized spacial score (nSPS) is 23.4. The highest BCUT2D eigenvalue weighted by Gasteiger charge is 2.34. The van der Waals surface area contributed by atoms with Gasteiger partial charge in [-0.3, -0.25) is 0 Å². The maximum Gasteiger partial charge on any atom is 0.124 e. The molecule has 0 fully saturated rings. The molecule has 1 N–H and O–H groups in total. The molecule has 0 amide bonds.